The van der Waals surface area contributed by atoms with Crippen molar-refractivity contribution < 1.29 is 9.53 Å². The first-order valence-electron chi connectivity index (χ1n) is 6.15. The van der Waals surface area contributed by atoms with Crippen LogP contribution < -0.4 is 15.8 Å². The molecule has 0 spiro atoms. The molecule has 0 radical (unpaired) electrons. The second-order valence-corrected chi connectivity index (χ2v) is 5.16. The molecule has 3 N–H and O–H groups in total. The van der Waals surface area contributed by atoms with E-state index in [-0.39, 0.29) is 16.8 Å². The first-order chi connectivity index (χ1) is 8.95. The van der Waals surface area contributed by atoms with E-state index in [2.05, 4.69) is 5.32 Å². The van der Waals surface area contributed by atoms with Crippen molar-refractivity contribution in [2.45, 2.75) is 20.4 Å². The Morgan fingerprint density at radius 3 is 2.68 bits per heavy atom. The van der Waals surface area contributed by atoms with Gasteiger partial charge in [-0.15, -0.1) is 0 Å². The van der Waals surface area contributed by atoms with Crippen molar-refractivity contribution in [2.24, 2.45) is 17.6 Å². The molecular weight excluding hydrogens is 260 g/mol. The monoisotopic (exact) mass is 280 g/mol. The summed E-state index contributed by atoms with van der Waals surface area (Å²) in [6, 6.07) is 7.55. The van der Waals surface area contributed by atoms with E-state index in [1.165, 1.54) is 0 Å². The lowest BCUT2D eigenvalue weighted by Crippen LogP contribution is -2.40. The van der Waals surface area contributed by atoms with E-state index >= 15 is 0 Å². The summed E-state index contributed by atoms with van der Waals surface area (Å²) in [5.41, 5.74) is 6.57. The van der Waals surface area contributed by atoms with E-state index in [4.69, 9.17) is 22.7 Å². The minimum atomic E-state index is -0.430. The number of nitrogens with two attached hydrogens (primary N) is 1. The predicted molar refractivity (Wildman–Crippen MR) is 80.0 cm³/mol. The maximum absolute atomic E-state index is 12.0. The van der Waals surface area contributed by atoms with Crippen LogP contribution in [0.2, 0.25) is 0 Å². The van der Waals surface area contributed by atoms with Crippen LogP contribution in [0.3, 0.4) is 0 Å². The Hall–Kier alpha value is -1.62. The summed E-state index contributed by atoms with van der Waals surface area (Å²) in [6.07, 6.45) is 0. The molecule has 1 amide bonds. The molecule has 0 aromatic heterocycles. The first-order valence-corrected chi connectivity index (χ1v) is 6.56. The number of nitrogens with one attached hydrogen (secondary N) is 1. The van der Waals surface area contributed by atoms with Gasteiger partial charge in [0.1, 0.15) is 5.75 Å². The number of amides is 1. The maximum atomic E-state index is 12.0. The molecule has 0 bridgehead atoms. The molecule has 4 nitrogen and oxygen atoms in total. The van der Waals surface area contributed by atoms with Gasteiger partial charge in [-0.3, -0.25) is 4.79 Å². The number of carbonyl (C=O) groups excluding carboxylic acids is 1. The largest absolute Gasteiger partial charge is 0.497 e. The molecule has 1 unspecified atom stereocenters. The molecule has 0 fully saturated rings. The molecule has 1 aromatic carbocycles. The van der Waals surface area contributed by atoms with Crippen molar-refractivity contribution >= 4 is 23.1 Å². The quantitative estimate of drug-likeness (QED) is 0.781. The van der Waals surface area contributed by atoms with Gasteiger partial charge < -0.3 is 15.8 Å². The Morgan fingerprint density at radius 1 is 1.47 bits per heavy atom. The van der Waals surface area contributed by atoms with Crippen molar-refractivity contribution in [3.8, 4) is 5.75 Å². The van der Waals surface area contributed by atoms with Crippen LogP contribution in [-0.2, 0) is 11.3 Å². The summed E-state index contributed by atoms with van der Waals surface area (Å²) in [5.74, 6) is 0.287. The van der Waals surface area contributed by atoms with Crippen LogP contribution in [0.5, 0.6) is 5.75 Å². The molecule has 0 saturated heterocycles. The second kappa shape index (κ2) is 7.09. The highest BCUT2D eigenvalue weighted by Crippen LogP contribution is 2.14. The molecule has 0 aliphatic carbocycles. The zero-order chi connectivity index (χ0) is 14.4. The van der Waals surface area contributed by atoms with E-state index in [9.17, 15) is 4.79 Å². The molecule has 104 valence electrons. The third-order valence-corrected chi connectivity index (χ3v) is 3.11. The number of hydrogen-bond donors (Lipinski definition) is 2. The number of rotatable bonds is 6. The third-order valence-electron chi connectivity index (χ3n) is 2.86. The Labute approximate surface area is 119 Å². The standard InChI is InChI=1S/C14H20N2O2S/c1-9(2)12(13(15)19)14(17)16-8-10-5-4-6-11(7-10)18-3/h4-7,9,12H,8H2,1-3H3,(H2,15,19)(H,16,17). The molecular formula is C14H20N2O2S. The van der Waals surface area contributed by atoms with Crippen molar-refractivity contribution in [2.75, 3.05) is 7.11 Å². The van der Waals surface area contributed by atoms with Gasteiger partial charge >= 0.3 is 0 Å². The van der Waals surface area contributed by atoms with Gasteiger partial charge in [-0.05, 0) is 23.6 Å². The van der Waals surface area contributed by atoms with Crippen LogP contribution in [-0.4, -0.2) is 18.0 Å². The predicted octanol–water partition coefficient (Wildman–Crippen LogP) is 1.87. The number of hydrogen-bond acceptors (Lipinski definition) is 3. The summed E-state index contributed by atoms with van der Waals surface area (Å²) >= 11 is 4.94. The lowest BCUT2D eigenvalue weighted by atomic mass is 9.95. The highest BCUT2D eigenvalue weighted by Gasteiger charge is 2.24. The molecule has 19 heavy (non-hydrogen) atoms. The van der Waals surface area contributed by atoms with Crippen LogP contribution in [0.25, 0.3) is 0 Å². The fraction of sp³-hybridized carbons (Fsp3) is 0.429. The highest BCUT2D eigenvalue weighted by molar-refractivity contribution is 7.80. The number of carbonyl (C=O) groups is 1. The van der Waals surface area contributed by atoms with Crippen LogP contribution in [0.4, 0.5) is 0 Å². The van der Waals surface area contributed by atoms with Gasteiger partial charge in [0.15, 0.2) is 0 Å². The van der Waals surface area contributed by atoms with Gasteiger partial charge in [-0.1, -0.05) is 38.2 Å². The minimum Gasteiger partial charge on any atom is -0.497 e. The molecule has 0 saturated carbocycles. The third kappa shape index (κ3) is 4.52. The number of methoxy groups -OCH3 is 1. The Bertz CT molecular complexity index is 461. The van der Waals surface area contributed by atoms with Gasteiger partial charge in [-0.25, -0.2) is 0 Å². The fourth-order valence-electron chi connectivity index (χ4n) is 1.84. The van der Waals surface area contributed by atoms with E-state index in [1.54, 1.807) is 7.11 Å². The van der Waals surface area contributed by atoms with Crippen LogP contribution in [0, 0.1) is 11.8 Å². The van der Waals surface area contributed by atoms with Gasteiger partial charge in [0, 0.05) is 6.54 Å². The van der Waals surface area contributed by atoms with Crippen molar-refractivity contribution in [3.63, 3.8) is 0 Å². The van der Waals surface area contributed by atoms with E-state index in [1.807, 2.05) is 38.1 Å². The maximum Gasteiger partial charge on any atom is 0.230 e. The van der Waals surface area contributed by atoms with Gasteiger partial charge in [0.2, 0.25) is 5.91 Å². The Balaban J connectivity index is 2.64. The second-order valence-electron chi connectivity index (χ2n) is 4.69. The summed E-state index contributed by atoms with van der Waals surface area (Å²) in [6.45, 7) is 4.28. The van der Waals surface area contributed by atoms with E-state index in [0.29, 0.717) is 6.54 Å². The van der Waals surface area contributed by atoms with E-state index < -0.39 is 5.92 Å². The molecule has 0 aliphatic rings. The van der Waals surface area contributed by atoms with Crippen molar-refractivity contribution in [1.82, 2.24) is 5.32 Å². The lowest BCUT2D eigenvalue weighted by molar-refractivity contribution is -0.124. The van der Waals surface area contributed by atoms with Crippen molar-refractivity contribution in [1.29, 1.82) is 0 Å². The molecule has 5 heteroatoms. The molecule has 0 aliphatic heterocycles. The lowest BCUT2D eigenvalue weighted by Gasteiger charge is -2.18. The summed E-state index contributed by atoms with van der Waals surface area (Å²) < 4.78 is 5.13. The highest BCUT2D eigenvalue weighted by atomic mass is 32.1. The van der Waals surface area contributed by atoms with Gasteiger partial charge in [0.05, 0.1) is 18.0 Å². The average molecular weight is 280 g/mol. The van der Waals surface area contributed by atoms with Gasteiger partial charge in [0.25, 0.3) is 0 Å². The molecule has 1 atom stereocenters. The normalized spacial score (nSPS) is 12.0. The number of thiocarbonyl (C=S) groups is 1. The van der Waals surface area contributed by atoms with Crippen LogP contribution in [0.15, 0.2) is 24.3 Å². The number of benzene rings is 1. The zero-order valence-electron chi connectivity index (χ0n) is 11.5. The van der Waals surface area contributed by atoms with Crippen molar-refractivity contribution in [3.05, 3.63) is 29.8 Å². The molecule has 1 rings (SSSR count). The summed E-state index contributed by atoms with van der Waals surface area (Å²) in [5, 5.41) is 2.85. The molecule has 0 heterocycles. The Morgan fingerprint density at radius 2 is 2.16 bits per heavy atom. The smallest absolute Gasteiger partial charge is 0.230 e. The average Bonchev–Trinajstić information content (AvgIpc) is 2.35. The van der Waals surface area contributed by atoms with Crippen LogP contribution in [0.1, 0.15) is 19.4 Å². The Kier molecular flexibility index (Phi) is 5.76. The zero-order valence-corrected chi connectivity index (χ0v) is 12.3. The summed E-state index contributed by atoms with van der Waals surface area (Å²) in [7, 11) is 1.61. The topological polar surface area (TPSA) is 64.3 Å². The first kappa shape index (κ1) is 15.4. The SMILES string of the molecule is COc1cccc(CNC(=O)C(C(N)=S)C(C)C)c1. The van der Waals surface area contributed by atoms with Crippen LogP contribution >= 0.6 is 12.2 Å². The molecule has 1 aromatic rings. The fourth-order valence-corrected chi connectivity index (χ4v) is 2.22. The van der Waals surface area contributed by atoms with E-state index in [0.717, 1.165) is 11.3 Å². The minimum absolute atomic E-state index is 0.0859. The number of ether oxygens (including phenoxy) is 1. The summed E-state index contributed by atoms with van der Waals surface area (Å²) in [4.78, 5) is 12.3. The van der Waals surface area contributed by atoms with Gasteiger partial charge in [-0.2, -0.15) is 0 Å².